The van der Waals surface area contributed by atoms with E-state index < -0.39 is 10.0 Å². The van der Waals surface area contributed by atoms with Crippen molar-refractivity contribution in [3.8, 4) is 0 Å². The van der Waals surface area contributed by atoms with Crippen LogP contribution < -0.4 is 10.0 Å². The number of hydrogen-bond donors (Lipinski definition) is 2. The van der Waals surface area contributed by atoms with Crippen molar-refractivity contribution in [2.75, 3.05) is 27.7 Å². The summed E-state index contributed by atoms with van der Waals surface area (Å²) in [5, 5.41) is 3.35. The molecule has 0 atom stereocenters. The van der Waals surface area contributed by atoms with Gasteiger partial charge in [0.05, 0.1) is 5.75 Å². The van der Waals surface area contributed by atoms with Gasteiger partial charge in [0.25, 0.3) is 0 Å². The van der Waals surface area contributed by atoms with Gasteiger partial charge in [0, 0.05) is 27.2 Å². The standard InChI is InChI=1S/C19H32N4O2S/c1-5-6-7-8-9-14-23(4)19(20-2)22-15-17-10-12-18(13-11-17)16-26(24,25)21-3/h5,10-13,21H,1,6-9,14-16H2,2-4H3,(H,20,22). The summed E-state index contributed by atoms with van der Waals surface area (Å²) >= 11 is 0. The van der Waals surface area contributed by atoms with Crippen LogP contribution in [0, 0.1) is 0 Å². The highest BCUT2D eigenvalue weighted by Crippen LogP contribution is 2.08. The second-order valence-corrected chi connectivity index (χ2v) is 8.17. The summed E-state index contributed by atoms with van der Waals surface area (Å²) < 4.78 is 25.5. The summed E-state index contributed by atoms with van der Waals surface area (Å²) in [6.45, 7) is 5.34. The van der Waals surface area contributed by atoms with Gasteiger partial charge in [-0.3, -0.25) is 4.99 Å². The van der Waals surface area contributed by atoms with Crippen LogP contribution in [0.25, 0.3) is 0 Å². The number of allylic oxidation sites excluding steroid dienone is 1. The molecule has 0 radical (unpaired) electrons. The Bertz CT molecular complexity index is 669. The minimum Gasteiger partial charge on any atom is -0.352 e. The van der Waals surface area contributed by atoms with Gasteiger partial charge in [-0.25, -0.2) is 13.1 Å². The smallest absolute Gasteiger partial charge is 0.215 e. The maximum atomic E-state index is 11.6. The normalized spacial score (nSPS) is 12.0. The fourth-order valence-electron chi connectivity index (χ4n) is 2.53. The molecule has 1 rings (SSSR count). The zero-order valence-corrected chi connectivity index (χ0v) is 17.0. The van der Waals surface area contributed by atoms with Gasteiger partial charge in [-0.1, -0.05) is 36.8 Å². The van der Waals surface area contributed by atoms with E-state index in [2.05, 4.69) is 26.5 Å². The highest BCUT2D eigenvalue weighted by molar-refractivity contribution is 7.88. The lowest BCUT2D eigenvalue weighted by Gasteiger charge is -2.22. The molecule has 0 spiro atoms. The summed E-state index contributed by atoms with van der Waals surface area (Å²) in [4.78, 5) is 6.45. The van der Waals surface area contributed by atoms with Crippen molar-refractivity contribution < 1.29 is 8.42 Å². The summed E-state index contributed by atoms with van der Waals surface area (Å²) in [5.74, 6) is 0.851. The van der Waals surface area contributed by atoms with Crippen LogP contribution in [0.3, 0.4) is 0 Å². The molecule has 0 aliphatic carbocycles. The van der Waals surface area contributed by atoms with Crippen LogP contribution in [0.2, 0.25) is 0 Å². The highest BCUT2D eigenvalue weighted by atomic mass is 32.2. The maximum absolute atomic E-state index is 11.6. The fourth-order valence-corrected chi connectivity index (χ4v) is 3.31. The lowest BCUT2D eigenvalue weighted by atomic mass is 10.1. The quantitative estimate of drug-likeness (QED) is 0.268. The second kappa shape index (κ2) is 11.7. The summed E-state index contributed by atoms with van der Waals surface area (Å²) in [5.41, 5.74) is 1.85. The molecule has 0 aliphatic rings. The van der Waals surface area contributed by atoms with Crippen molar-refractivity contribution in [3.63, 3.8) is 0 Å². The van der Waals surface area contributed by atoms with E-state index in [0.29, 0.717) is 6.54 Å². The van der Waals surface area contributed by atoms with E-state index >= 15 is 0 Å². The Morgan fingerprint density at radius 3 is 2.42 bits per heavy atom. The van der Waals surface area contributed by atoms with Gasteiger partial charge < -0.3 is 10.2 Å². The van der Waals surface area contributed by atoms with E-state index in [1.54, 1.807) is 7.05 Å². The van der Waals surface area contributed by atoms with Crippen molar-refractivity contribution in [1.29, 1.82) is 0 Å². The predicted molar refractivity (Wildman–Crippen MR) is 110 cm³/mol. The van der Waals surface area contributed by atoms with Gasteiger partial charge in [-0.15, -0.1) is 6.58 Å². The summed E-state index contributed by atoms with van der Waals surface area (Å²) in [6.07, 6.45) is 6.52. The Morgan fingerprint density at radius 1 is 1.19 bits per heavy atom. The van der Waals surface area contributed by atoms with Crippen LogP contribution in [0.4, 0.5) is 0 Å². The molecule has 26 heavy (non-hydrogen) atoms. The molecule has 1 aromatic carbocycles. The lowest BCUT2D eigenvalue weighted by Crippen LogP contribution is -2.39. The fraction of sp³-hybridized carbons (Fsp3) is 0.526. The van der Waals surface area contributed by atoms with E-state index in [1.807, 2.05) is 37.4 Å². The van der Waals surface area contributed by atoms with Crippen molar-refractivity contribution in [3.05, 3.63) is 48.0 Å². The van der Waals surface area contributed by atoms with Crippen LogP contribution in [0.5, 0.6) is 0 Å². The molecule has 0 saturated heterocycles. The molecule has 0 fully saturated rings. The first-order chi connectivity index (χ1) is 12.4. The SMILES string of the molecule is C=CCCCCCN(C)C(=NC)NCc1ccc(CS(=O)(=O)NC)cc1. The summed E-state index contributed by atoms with van der Waals surface area (Å²) in [6, 6.07) is 7.57. The Labute approximate surface area is 158 Å². The molecule has 0 aliphatic heterocycles. The molecule has 1 aromatic rings. The molecule has 0 unspecified atom stereocenters. The minimum atomic E-state index is -3.24. The van der Waals surface area contributed by atoms with Crippen molar-refractivity contribution in [2.45, 2.75) is 38.0 Å². The van der Waals surface area contributed by atoms with Gasteiger partial charge >= 0.3 is 0 Å². The largest absolute Gasteiger partial charge is 0.352 e. The third-order valence-corrected chi connectivity index (χ3v) is 5.45. The van der Waals surface area contributed by atoms with Crippen LogP contribution in [0.1, 0.15) is 36.8 Å². The van der Waals surface area contributed by atoms with E-state index in [0.717, 1.165) is 36.5 Å². The third kappa shape index (κ3) is 8.49. The zero-order chi connectivity index (χ0) is 19.4. The predicted octanol–water partition coefficient (Wildman–Crippen LogP) is 2.49. The Hall–Kier alpha value is -1.86. The zero-order valence-electron chi connectivity index (χ0n) is 16.2. The number of guanidine groups is 1. The van der Waals surface area contributed by atoms with Gasteiger partial charge in [0.2, 0.25) is 10.0 Å². The van der Waals surface area contributed by atoms with E-state index in [9.17, 15) is 8.42 Å². The third-order valence-electron chi connectivity index (χ3n) is 4.12. The average molecular weight is 381 g/mol. The van der Waals surface area contributed by atoms with Gasteiger partial charge in [0.15, 0.2) is 5.96 Å². The number of nitrogens with one attached hydrogen (secondary N) is 2. The van der Waals surface area contributed by atoms with Gasteiger partial charge in [-0.05, 0) is 37.4 Å². The number of hydrogen-bond acceptors (Lipinski definition) is 3. The number of unbranched alkanes of at least 4 members (excludes halogenated alkanes) is 3. The molecular weight excluding hydrogens is 348 g/mol. The lowest BCUT2D eigenvalue weighted by molar-refractivity contribution is 0.455. The molecular formula is C19H32N4O2S. The van der Waals surface area contributed by atoms with Crippen LogP contribution in [-0.2, 0) is 22.3 Å². The molecule has 0 amide bonds. The first-order valence-electron chi connectivity index (χ1n) is 8.93. The monoisotopic (exact) mass is 380 g/mol. The minimum absolute atomic E-state index is 0.00648. The molecule has 7 heteroatoms. The molecule has 0 saturated carbocycles. The molecule has 6 nitrogen and oxygen atoms in total. The molecule has 0 bridgehead atoms. The second-order valence-electron chi connectivity index (χ2n) is 6.24. The molecule has 0 heterocycles. The molecule has 2 N–H and O–H groups in total. The molecule has 0 aromatic heterocycles. The van der Waals surface area contributed by atoms with Crippen LogP contribution in [-0.4, -0.2) is 47.0 Å². The van der Waals surface area contributed by atoms with E-state index in [-0.39, 0.29) is 5.75 Å². The first kappa shape index (κ1) is 22.2. The van der Waals surface area contributed by atoms with Crippen LogP contribution in [0.15, 0.2) is 41.9 Å². The Morgan fingerprint density at radius 2 is 1.85 bits per heavy atom. The summed E-state index contributed by atoms with van der Waals surface area (Å²) in [7, 11) is 2.00. The van der Waals surface area contributed by atoms with Gasteiger partial charge in [0.1, 0.15) is 0 Å². The van der Waals surface area contributed by atoms with E-state index in [4.69, 9.17) is 0 Å². The van der Waals surface area contributed by atoms with Crippen LogP contribution >= 0.6 is 0 Å². The van der Waals surface area contributed by atoms with Crippen molar-refractivity contribution in [2.24, 2.45) is 4.99 Å². The Balaban J connectivity index is 2.46. The highest BCUT2D eigenvalue weighted by Gasteiger charge is 2.09. The average Bonchev–Trinajstić information content (AvgIpc) is 2.63. The number of aliphatic imine (C=N–C) groups is 1. The number of nitrogens with zero attached hydrogens (tertiary/aromatic N) is 2. The molecule has 146 valence electrons. The number of benzene rings is 1. The topological polar surface area (TPSA) is 73.8 Å². The Kier molecular flexibility index (Phi) is 9.98. The van der Waals surface area contributed by atoms with Gasteiger partial charge in [-0.2, -0.15) is 0 Å². The maximum Gasteiger partial charge on any atom is 0.215 e. The van der Waals surface area contributed by atoms with Crippen molar-refractivity contribution in [1.82, 2.24) is 14.9 Å². The number of sulfonamides is 1. The van der Waals surface area contributed by atoms with Crippen molar-refractivity contribution >= 4 is 16.0 Å². The van der Waals surface area contributed by atoms with E-state index in [1.165, 1.54) is 19.9 Å². The number of rotatable bonds is 11. The first-order valence-corrected chi connectivity index (χ1v) is 10.6.